The highest BCUT2D eigenvalue weighted by atomic mass is 16.5. The van der Waals surface area contributed by atoms with E-state index in [9.17, 15) is 4.79 Å². The Morgan fingerprint density at radius 2 is 1.83 bits per heavy atom. The maximum Gasteiger partial charge on any atom is 0.255 e. The molecular formula is C24H27N3O2. The summed E-state index contributed by atoms with van der Waals surface area (Å²) >= 11 is 0. The molecule has 0 spiro atoms. The van der Waals surface area contributed by atoms with Crippen molar-refractivity contribution in [2.75, 3.05) is 24.3 Å². The summed E-state index contributed by atoms with van der Waals surface area (Å²) in [5, 5.41) is 6.31. The quantitative estimate of drug-likeness (QED) is 0.561. The Hall–Kier alpha value is -3.34. The Morgan fingerprint density at radius 1 is 1.07 bits per heavy atom. The van der Waals surface area contributed by atoms with Gasteiger partial charge in [0.1, 0.15) is 11.6 Å². The van der Waals surface area contributed by atoms with Crippen LogP contribution in [0, 0.1) is 0 Å². The maximum absolute atomic E-state index is 12.7. The van der Waals surface area contributed by atoms with Gasteiger partial charge in [0.15, 0.2) is 0 Å². The smallest absolute Gasteiger partial charge is 0.255 e. The molecular weight excluding hydrogens is 362 g/mol. The van der Waals surface area contributed by atoms with Gasteiger partial charge in [-0.2, -0.15) is 0 Å². The van der Waals surface area contributed by atoms with E-state index in [-0.39, 0.29) is 5.91 Å². The molecule has 0 aliphatic heterocycles. The SMILES string of the molecule is COc1ccc(CCNc2cc(C(=O)Nc3ccccc3C(C)C)ccn2)cc1. The Bertz CT molecular complexity index is 952. The minimum absolute atomic E-state index is 0.140. The van der Waals surface area contributed by atoms with Crippen molar-refractivity contribution in [3.63, 3.8) is 0 Å². The highest BCUT2D eigenvalue weighted by Crippen LogP contribution is 2.24. The summed E-state index contributed by atoms with van der Waals surface area (Å²) < 4.78 is 5.18. The van der Waals surface area contributed by atoms with Crippen LogP contribution in [-0.2, 0) is 6.42 Å². The van der Waals surface area contributed by atoms with E-state index >= 15 is 0 Å². The number of amides is 1. The van der Waals surface area contributed by atoms with E-state index in [2.05, 4.69) is 29.5 Å². The van der Waals surface area contributed by atoms with Gasteiger partial charge >= 0.3 is 0 Å². The van der Waals surface area contributed by atoms with Gasteiger partial charge in [0.2, 0.25) is 0 Å². The molecule has 3 rings (SSSR count). The van der Waals surface area contributed by atoms with E-state index in [0.717, 1.165) is 30.0 Å². The second-order valence-corrected chi connectivity index (χ2v) is 7.15. The lowest BCUT2D eigenvalue weighted by Crippen LogP contribution is -2.14. The summed E-state index contributed by atoms with van der Waals surface area (Å²) in [5.74, 6) is 1.72. The van der Waals surface area contributed by atoms with Gasteiger partial charge in [-0.15, -0.1) is 0 Å². The molecule has 2 aromatic carbocycles. The first kappa shape index (κ1) is 20.4. The van der Waals surface area contributed by atoms with Crippen molar-refractivity contribution in [2.45, 2.75) is 26.2 Å². The fraction of sp³-hybridized carbons (Fsp3) is 0.250. The Morgan fingerprint density at radius 3 is 2.55 bits per heavy atom. The minimum atomic E-state index is -0.140. The largest absolute Gasteiger partial charge is 0.497 e. The summed E-state index contributed by atoms with van der Waals surface area (Å²) in [7, 11) is 1.66. The number of hydrogen-bond acceptors (Lipinski definition) is 4. The topological polar surface area (TPSA) is 63.2 Å². The third-order valence-corrected chi connectivity index (χ3v) is 4.73. The van der Waals surface area contributed by atoms with Crippen molar-refractivity contribution in [3.05, 3.63) is 83.6 Å². The van der Waals surface area contributed by atoms with Crippen molar-refractivity contribution in [1.82, 2.24) is 4.98 Å². The number of carbonyl (C=O) groups is 1. The minimum Gasteiger partial charge on any atom is -0.497 e. The van der Waals surface area contributed by atoms with Crippen molar-refractivity contribution in [2.24, 2.45) is 0 Å². The number of methoxy groups -OCH3 is 1. The molecule has 5 heteroatoms. The lowest BCUT2D eigenvalue weighted by atomic mass is 10.0. The van der Waals surface area contributed by atoms with E-state index in [1.165, 1.54) is 5.56 Å². The number of rotatable bonds is 8. The maximum atomic E-state index is 12.7. The van der Waals surface area contributed by atoms with Gasteiger partial charge in [-0.05, 0) is 53.8 Å². The summed E-state index contributed by atoms with van der Waals surface area (Å²) in [6.45, 7) is 4.95. The fourth-order valence-corrected chi connectivity index (χ4v) is 3.10. The molecule has 2 N–H and O–H groups in total. The molecule has 0 radical (unpaired) electrons. The van der Waals surface area contributed by atoms with E-state index in [4.69, 9.17) is 4.74 Å². The molecule has 0 aliphatic carbocycles. The zero-order valence-electron chi connectivity index (χ0n) is 17.1. The second kappa shape index (κ2) is 9.73. The van der Waals surface area contributed by atoms with Gasteiger partial charge in [0.25, 0.3) is 5.91 Å². The summed E-state index contributed by atoms with van der Waals surface area (Å²) in [6.07, 6.45) is 2.50. The molecule has 0 atom stereocenters. The Kier molecular flexibility index (Phi) is 6.85. The number of aromatic nitrogens is 1. The van der Waals surface area contributed by atoms with Crippen LogP contribution >= 0.6 is 0 Å². The third-order valence-electron chi connectivity index (χ3n) is 4.73. The predicted octanol–water partition coefficient (Wildman–Crippen LogP) is 5.12. The summed E-state index contributed by atoms with van der Waals surface area (Å²) in [5.41, 5.74) is 3.74. The first-order valence-electron chi connectivity index (χ1n) is 9.80. The average molecular weight is 389 g/mol. The fourth-order valence-electron chi connectivity index (χ4n) is 3.10. The lowest BCUT2D eigenvalue weighted by molar-refractivity contribution is 0.102. The third kappa shape index (κ3) is 5.57. The van der Waals surface area contributed by atoms with Gasteiger partial charge in [-0.3, -0.25) is 4.79 Å². The van der Waals surface area contributed by atoms with E-state index in [1.807, 2.05) is 48.5 Å². The number of pyridine rings is 1. The highest BCUT2D eigenvalue weighted by molar-refractivity contribution is 6.05. The molecule has 29 heavy (non-hydrogen) atoms. The predicted molar refractivity (Wildman–Crippen MR) is 118 cm³/mol. The number of ether oxygens (including phenoxy) is 1. The molecule has 0 saturated heterocycles. The Labute approximate surface area is 172 Å². The highest BCUT2D eigenvalue weighted by Gasteiger charge is 2.11. The number of carbonyl (C=O) groups excluding carboxylic acids is 1. The van der Waals surface area contributed by atoms with Crippen molar-refractivity contribution in [3.8, 4) is 5.75 Å². The van der Waals surface area contributed by atoms with Crippen LogP contribution in [0.25, 0.3) is 0 Å². The van der Waals surface area contributed by atoms with Gasteiger partial charge in [0, 0.05) is 24.0 Å². The molecule has 0 fully saturated rings. The lowest BCUT2D eigenvalue weighted by Gasteiger charge is -2.14. The van der Waals surface area contributed by atoms with Crippen LogP contribution in [0.15, 0.2) is 66.9 Å². The monoisotopic (exact) mass is 389 g/mol. The molecule has 3 aromatic rings. The van der Waals surface area contributed by atoms with Gasteiger partial charge in [-0.25, -0.2) is 4.98 Å². The number of hydrogen-bond donors (Lipinski definition) is 2. The second-order valence-electron chi connectivity index (χ2n) is 7.15. The van der Waals surface area contributed by atoms with Crippen LogP contribution in [0.1, 0.15) is 41.3 Å². The van der Waals surface area contributed by atoms with Crippen LogP contribution in [0.2, 0.25) is 0 Å². The van der Waals surface area contributed by atoms with Crippen molar-refractivity contribution >= 4 is 17.4 Å². The molecule has 0 unspecified atom stereocenters. The molecule has 1 heterocycles. The number of nitrogens with one attached hydrogen (secondary N) is 2. The summed E-state index contributed by atoms with van der Waals surface area (Å²) in [4.78, 5) is 17.0. The van der Waals surface area contributed by atoms with Gasteiger partial charge < -0.3 is 15.4 Å². The standard InChI is InChI=1S/C24H27N3O2/c1-17(2)21-6-4-5-7-22(21)27-24(28)19-13-15-26-23(16-19)25-14-12-18-8-10-20(29-3)11-9-18/h4-11,13,15-17H,12,14H2,1-3H3,(H,25,26)(H,27,28). The number of para-hydroxylation sites is 1. The summed E-state index contributed by atoms with van der Waals surface area (Å²) in [6, 6.07) is 19.4. The van der Waals surface area contributed by atoms with E-state index < -0.39 is 0 Å². The van der Waals surface area contributed by atoms with Crippen molar-refractivity contribution < 1.29 is 9.53 Å². The molecule has 5 nitrogen and oxygen atoms in total. The van der Waals surface area contributed by atoms with Crippen LogP contribution in [0.3, 0.4) is 0 Å². The first-order valence-corrected chi connectivity index (χ1v) is 9.80. The first-order chi connectivity index (χ1) is 14.1. The van der Waals surface area contributed by atoms with Gasteiger partial charge in [0.05, 0.1) is 7.11 Å². The molecule has 0 aliphatic rings. The molecule has 0 saturated carbocycles. The van der Waals surface area contributed by atoms with Crippen LogP contribution in [0.5, 0.6) is 5.75 Å². The Balaban J connectivity index is 1.60. The van der Waals surface area contributed by atoms with Crippen LogP contribution < -0.4 is 15.4 Å². The molecule has 1 amide bonds. The molecule has 150 valence electrons. The van der Waals surface area contributed by atoms with Gasteiger partial charge in [-0.1, -0.05) is 44.2 Å². The zero-order chi connectivity index (χ0) is 20.6. The van der Waals surface area contributed by atoms with Crippen LogP contribution in [-0.4, -0.2) is 24.5 Å². The number of nitrogens with zero attached hydrogens (tertiary/aromatic N) is 1. The zero-order valence-corrected chi connectivity index (χ0v) is 17.1. The van der Waals surface area contributed by atoms with Crippen molar-refractivity contribution in [1.29, 1.82) is 0 Å². The van der Waals surface area contributed by atoms with E-state index in [0.29, 0.717) is 17.3 Å². The molecule has 1 aromatic heterocycles. The number of anilines is 2. The van der Waals surface area contributed by atoms with Crippen LogP contribution in [0.4, 0.5) is 11.5 Å². The van der Waals surface area contributed by atoms with E-state index in [1.54, 1.807) is 25.4 Å². The average Bonchev–Trinajstić information content (AvgIpc) is 2.74. The normalized spacial score (nSPS) is 10.6. The number of benzene rings is 2. The molecule has 0 bridgehead atoms.